The third-order valence-corrected chi connectivity index (χ3v) is 14.2. The number of rotatable bonds is 13. The van der Waals surface area contributed by atoms with Gasteiger partial charge in [0.05, 0.1) is 25.9 Å². The molecule has 2 heterocycles. The van der Waals surface area contributed by atoms with Crippen molar-refractivity contribution in [3.63, 3.8) is 0 Å². The first-order valence-corrected chi connectivity index (χ1v) is 21.0. The number of fused-ring (bicyclic) bond motifs is 5. The lowest BCUT2D eigenvalue weighted by atomic mass is 9.47. The van der Waals surface area contributed by atoms with Crippen LogP contribution in [0.3, 0.4) is 0 Å². The summed E-state index contributed by atoms with van der Waals surface area (Å²) in [6.45, 7) is 17.6. The molecule has 12 heteroatoms. The molecule has 1 aliphatic heterocycles. The van der Waals surface area contributed by atoms with Crippen LogP contribution < -0.4 is 11.0 Å². The number of nitrogens with zero attached hydrogens (tertiary/aromatic N) is 2. The van der Waals surface area contributed by atoms with Crippen LogP contribution in [0, 0.1) is 46.3 Å². The number of aliphatic hydroxyl groups excluding tert-OH is 1. The van der Waals surface area contributed by atoms with E-state index in [4.69, 9.17) is 18.9 Å². The van der Waals surface area contributed by atoms with E-state index < -0.39 is 41.7 Å². The summed E-state index contributed by atoms with van der Waals surface area (Å²) in [6.07, 6.45) is 10.9. The molecule has 6 unspecified atom stereocenters. The summed E-state index contributed by atoms with van der Waals surface area (Å²) in [5, 5.41) is 12.8. The fourth-order valence-electron chi connectivity index (χ4n) is 11.4. The van der Waals surface area contributed by atoms with Crippen molar-refractivity contribution in [2.24, 2.45) is 46.3 Å². The second-order valence-corrected chi connectivity index (χ2v) is 19.4. The van der Waals surface area contributed by atoms with Gasteiger partial charge in [-0.1, -0.05) is 65.5 Å². The number of carbonyl (C=O) groups is 1. The molecule has 0 bridgehead atoms. The highest BCUT2D eigenvalue weighted by molar-refractivity contribution is 5.83. The Kier molecular flexibility index (Phi) is 12.6. The lowest BCUT2D eigenvalue weighted by Crippen LogP contribution is -2.51. The highest BCUT2D eigenvalue weighted by atomic mass is 19.3. The quantitative estimate of drug-likeness (QED) is 0.151. The zero-order chi connectivity index (χ0) is 39.9. The summed E-state index contributed by atoms with van der Waals surface area (Å²) in [7, 11) is 0. The molecular formula is C43H67F2N3O7. The zero-order valence-electron chi connectivity index (χ0n) is 34.5. The Morgan fingerprint density at radius 3 is 2.56 bits per heavy atom. The monoisotopic (exact) mass is 775 g/mol. The average Bonchev–Trinajstić information content (AvgIpc) is 3.56. The van der Waals surface area contributed by atoms with Gasteiger partial charge in [-0.05, 0) is 125 Å². The van der Waals surface area contributed by atoms with E-state index in [1.807, 2.05) is 0 Å². The minimum Gasteiger partial charge on any atom is -0.444 e. The van der Waals surface area contributed by atoms with Crippen LogP contribution >= 0.6 is 0 Å². The minimum atomic E-state index is -3.79. The molecular weight excluding hydrogens is 708 g/mol. The van der Waals surface area contributed by atoms with E-state index in [0.29, 0.717) is 16.6 Å². The fraction of sp³-hybridized carbons (Fsp3) is 0.837. The summed E-state index contributed by atoms with van der Waals surface area (Å²) in [6, 6.07) is 1.18. The Hall–Kier alpha value is -2.41. The molecule has 310 valence electrons. The molecule has 3 saturated carbocycles. The van der Waals surface area contributed by atoms with E-state index in [1.54, 1.807) is 26.3 Å². The van der Waals surface area contributed by atoms with Gasteiger partial charge < -0.3 is 24.1 Å². The largest absolute Gasteiger partial charge is 0.444 e. The maximum absolute atomic E-state index is 15.2. The van der Waals surface area contributed by atoms with Crippen LogP contribution in [0.15, 0.2) is 28.7 Å². The maximum Gasteiger partial charge on any atom is 0.413 e. The molecule has 5 aliphatic rings. The van der Waals surface area contributed by atoms with Crippen molar-refractivity contribution in [2.75, 3.05) is 25.1 Å². The maximum atomic E-state index is 15.2. The zero-order valence-corrected chi connectivity index (χ0v) is 34.5. The number of ether oxygens (including phenoxy) is 4. The van der Waals surface area contributed by atoms with Crippen molar-refractivity contribution in [3.05, 3.63) is 34.4 Å². The Balaban J connectivity index is 0.963. The van der Waals surface area contributed by atoms with Gasteiger partial charge >= 0.3 is 17.7 Å². The number of anilines is 1. The van der Waals surface area contributed by atoms with E-state index in [1.165, 1.54) is 57.4 Å². The molecule has 1 amide bonds. The summed E-state index contributed by atoms with van der Waals surface area (Å²) < 4.78 is 53.5. The highest BCUT2D eigenvalue weighted by Gasteiger charge is 2.61. The number of hydrogen-bond acceptors (Lipinski definition) is 8. The molecule has 6 rings (SSSR count). The molecule has 0 aromatic carbocycles. The predicted octanol–water partition coefficient (Wildman–Crippen LogP) is 8.93. The summed E-state index contributed by atoms with van der Waals surface area (Å²) in [5.41, 5.74) is 0.390. The van der Waals surface area contributed by atoms with Gasteiger partial charge in [0.15, 0.2) is 6.10 Å². The van der Waals surface area contributed by atoms with Crippen LogP contribution in [0.1, 0.15) is 132 Å². The summed E-state index contributed by atoms with van der Waals surface area (Å²) in [5.74, 6) is 0.839. The van der Waals surface area contributed by atoms with Gasteiger partial charge in [0.2, 0.25) is 6.23 Å². The van der Waals surface area contributed by atoms with Gasteiger partial charge in [0, 0.05) is 6.20 Å². The van der Waals surface area contributed by atoms with Gasteiger partial charge in [0.25, 0.3) is 0 Å². The minimum absolute atomic E-state index is 0.0880. The molecule has 1 aromatic heterocycles. The lowest BCUT2D eigenvalue weighted by molar-refractivity contribution is -0.141. The number of halogens is 2. The number of carbonyl (C=O) groups excluding carboxylic acids is 1. The standard InChI is InChI=1S/C43H67F2N3O7/c1-26(2)10-9-11-27(3)31-14-15-32-30-13-12-28-24-29(16-19-41(28,7)33(30)17-20-42(31,32)8)53-23-22-52-25-34-36(49)43(44,45)37(54-34)48-21-18-35(46-38(48)50)47-39(51)55-40(4,5)6/h12,18,21,26-27,29-34,36-37,49H,9-11,13-17,19-20,22-25H2,1-8H3,(H,46,47,50,51)/t27-,29+,30?,31-,32?,33?,34?,36?,37?,41+,42-/m0/s1. The molecule has 0 spiro atoms. The van der Waals surface area contributed by atoms with Gasteiger partial charge in [-0.2, -0.15) is 13.8 Å². The van der Waals surface area contributed by atoms with Crippen molar-refractivity contribution in [1.29, 1.82) is 0 Å². The number of aliphatic hydroxyl groups is 1. The molecule has 1 saturated heterocycles. The van der Waals surface area contributed by atoms with E-state index in [-0.39, 0.29) is 30.6 Å². The van der Waals surface area contributed by atoms with Crippen LogP contribution in [0.4, 0.5) is 19.4 Å². The van der Waals surface area contributed by atoms with Crippen LogP contribution in [0.5, 0.6) is 0 Å². The summed E-state index contributed by atoms with van der Waals surface area (Å²) in [4.78, 5) is 28.4. The van der Waals surface area contributed by atoms with Crippen LogP contribution in [0.2, 0.25) is 0 Å². The number of nitrogens with one attached hydrogen (secondary N) is 1. The van der Waals surface area contributed by atoms with Crippen LogP contribution in [0.25, 0.3) is 0 Å². The molecule has 11 atom stereocenters. The first-order chi connectivity index (χ1) is 25.8. The predicted molar refractivity (Wildman–Crippen MR) is 207 cm³/mol. The van der Waals surface area contributed by atoms with E-state index in [2.05, 4.69) is 51.0 Å². The second kappa shape index (κ2) is 16.5. The molecule has 0 radical (unpaired) electrons. The molecule has 10 nitrogen and oxygen atoms in total. The molecule has 55 heavy (non-hydrogen) atoms. The van der Waals surface area contributed by atoms with Crippen molar-refractivity contribution in [1.82, 2.24) is 9.55 Å². The van der Waals surface area contributed by atoms with Gasteiger partial charge in [-0.15, -0.1) is 0 Å². The Bertz CT molecular complexity index is 1590. The third-order valence-electron chi connectivity index (χ3n) is 14.2. The number of allylic oxidation sites excluding steroid dienone is 1. The van der Waals surface area contributed by atoms with Crippen molar-refractivity contribution in [3.8, 4) is 0 Å². The number of aromatic nitrogens is 2. The first-order valence-electron chi connectivity index (χ1n) is 21.0. The SMILES string of the molecule is CC(C)CCC[C@H](C)[C@@H]1CCC2C3CC=C4C[C@H](OCCOCC5OC(n6ccc(NC(=O)OC(C)(C)C)nc6=O)C(F)(F)C5O)CC[C@@]4(C)C3CC[C@]21C. The van der Waals surface area contributed by atoms with E-state index in [9.17, 15) is 14.7 Å². The van der Waals surface area contributed by atoms with Crippen LogP contribution in [-0.4, -0.2) is 70.4 Å². The Morgan fingerprint density at radius 2 is 1.85 bits per heavy atom. The van der Waals surface area contributed by atoms with Crippen molar-refractivity contribution in [2.45, 2.75) is 162 Å². The van der Waals surface area contributed by atoms with Gasteiger partial charge in [-0.25, -0.2) is 9.59 Å². The topological polar surface area (TPSA) is 121 Å². The van der Waals surface area contributed by atoms with Gasteiger partial charge in [-0.3, -0.25) is 9.88 Å². The normalized spacial score (nSPS) is 36.1. The van der Waals surface area contributed by atoms with Crippen LogP contribution in [-0.2, 0) is 18.9 Å². The molecule has 4 aliphatic carbocycles. The number of hydrogen-bond donors (Lipinski definition) is 2. The number of alkyl halides is 2. The fourth-order valence-corrected chi connectivity index (χ4v) is 11.4. The summed E-state index contributed by atoms with van der Waals surface area (Å²) >= 11 is 0. The lowest BCUT2D eigenvalue weighted by Gasteiger charge is -2.58. The smallest absolute Gasteiger partial charge is 0.413 e. The van der Waals surface area contributed by atoms with E-state index >= 15 is 8.78 Å². The molecule has 2 N–H and O–H groups in total. The van der Waals surface area contributed by atoms with E-state index in [0.717, 1.165) is 61.0 Å². The molecule has 4 fully saturated rings. The van der Waals surface area contributed by atoms with Crippen molar-refractivity contribution < 1.29 is 37.6 Å². The Morgan fingerprint density at radius 1 is 1.09 bits per heavy atom. The average molecular weight is 776 g/mol. The third kappa shape index (κ3) is 8.87. The highest BCUT2D eigenvalue weighted by Crippen LogP contribution is 2.67. The number of amides is 1. The second-order valence-electron chi connectivity index (χ2n) is 19.4. The Labute approximate surface area is 326 Å². The first kappa shape index (κ1) is 42.2. The molecule has 1 aromatic rings. The van der Waals surface area contributed by atoms with Crippen molar-refractivity contribution >= 4 is 11.9 Å². The van der Waals surface area contributed by atoms with Gasteiger partial charge in [0.1, 0.15) is 17.5 Å².